The Balaban J connectivity index is 1.78. The molecule has 1 N–H and O–H groups in total. The van der Waals surface area contributed by atoms with E-state index in [9.17, 15) is 9.59 Å². The van der Waals surface area contributed by atoms with Crippen LogP contribution in [0.5, 0.6) is 5.75 Å². The highest BCUT2D eigenvalue weighted by Crippen LogP contribution is 2.15. The molecule has 2 rings (SSSR count). The van der Waals surface area contributed by atoms with Gasteiger partial charge in [0.25, 0.3) is 5.91 Å². The van der Waals surface area contributed by atoms with Crippen molar-refractivity contribution in [2.75, 3.05) is 20.3 Å². The van der Waals surface area contributed by atoms with E-state index in [1.165, 1.54) is 7.11 Å². The molecule has 0 aliphatic carbocycles. The Morgan fingerprint density at radius 3 is 2.22 bits per heavy atom. The topological polar surface area (TPSA) is 64.6 Å². The lowest BCUT2D eigenvalue weighted by Crippen LogP contribution is -2.28. The molecule has 2 aromatic carbocycles. The van der Waals surface area contributed by atoms with Crippen molar-refractivity contribution < 1.29 is 19.1 Å². The van der Waals surface area contributed by atoms with E-state index < -0.39 is 5.97 Å². The van der Waals surface area contributed by atoms with Crippen molar-refractivity contribution in [2.24, 2.45) is 0 Å². The first kappa shape index (κ1) is 16.8. The van der Waals surface area contributed by atoms with Gasteiger partial charge in [0.15, 0.2) is 0 Å². The number of carbonyl (C=O) groups is 2. The highest BCUT2D eigenvalue weighted by Gasteiger charge is 2.08. The van der Waals surface area contributed by atoms with Gasteiger partial charge in [-0.3, -0.25) is 4.79 Å². The van der Waals surface area contributed by atoms with Crippen LogP contribution in [0, 0.1) is 0 Å². The quantitative estimate of drug-likeness (QED) is 0.652. The van der Waals surface area contributed by atoms with Crippen LogP contribution in [0.2, 0.25) is 5.02 Å². The maximum absolute atomic E-state index is 12.0. The SMILES string of the molecule is COC(=O)c1ccc(C(=O)NCCOc2ccc(Cl)cc2)cc1. The predicted molar refractivity (Wildman–Crippen MR) is 87.1 cm³/mol. The zero-order valence-electron chi connectivity index (χ0n) is 12.5. The first-order valence-corrected chi connectivity index (χ1v) is 7.33. The number of esters is 1. The van der Waals surface area contributed by atoms with Crippen molar-refractivity contribution in [1.82, 2.24) is 5.32 Å². The normalized spacial score (nSPS) is 10.0. The molecule has 1 amide bonds. The number of carbonyl (C=O) groups excluding carboxylic acids is 2. The van der Waals surface area contributed by atoms with Crippen LogP contribution in [0.25, 0.3) is 0 Å². The molecule has 120 valence electrons. The van der Waals surface area contributed by atoms with E-state index in [0.29, 0.717) is 35.1 Å². The molecule has 6 heteroatoms. The largest absolute Gasteiger partial charge is 0.492 e. The number of ether oxygens (including phenoxy) is 2. The standard InChI is InChI=1S/C17H16ClNO4/c1-22-17(21)13-4-2-12(3-5-13)16(20)19-10-11-23-15-8-6-14(18)7-9-15/h2-9H,10-11H2,1H3,(H,19,20). The number of hydrogen-bond acceptors (Lipinski definition) is 4. The molecule has 0 unspecified atom stereocenters. The molecular formula is C17H16ClNO4. The van der Waals surface area contributed by atoms with E-state index in [1.807, 2.05) is 0 Å². The Morgan fingerprint density at radius 1 is 1.00 bits per heavy atom. The van der Waals surface area contributed by atoms with Crippen LogP contribution in [-0.4, -0.2) is 32.1 Å². The number of methoxy groups -OCH3 is 1. The van der Waals surface area contributed by atoms with Crippen LogP contribution in [0.15, 0.2) is 48.5 Å². The van der Waals surface area contributed by atoms with Gasteiger partial charge in [0, 0.05) is 10.6 Å². The Morgan fingerprint density at radius 2 is 1.61 bits per heavy atom. The van der Waals surface area contributed by atoms with Gasteiger partial charge in [0.05, 0.1) is 19.2 Å². The number of amides is 1. The third-order valence-electron chi connectivity index (χ3n) is 3.04. The highest BCUT2D eigenvalue weighted by molar-refractivity contribution is 6.30. The van der Waals surface area contributed by atoms with Crippen LogP contribution in [0.4, 0.5) is 0 Å². The number of nitrogens with one attached hydrogen (secondary N) is 1. The van der Waals surface area contributed by atoms with Gasteiger partial charge in [0.2, 0.25) is 0 Å². The molecule has 2 aromatic rings. The molecule has 0 heterocycles. The first-order chi connectivity index (χ1) is 11.1. The van der Waals surface area contributed by atoms with Crippen molar-refractivity contribution >= 4 is 23.5 Å². The average molecular weight is 334 g/mol. The molecule has 0 atom stereocenters. The summed E-state index contributed by atoms with van der Waals surface area (Å²) in [7, 11) is 1.31. The van der Waals surface area contributed by atoms with Gasteiger partial charge in [-0.05, 0) is 48.5 Å². The number of rotatable bonds is 6. The van der Waals surface area contributed by atoms with Crippen molar-refractivity contribution in [3.05, 3.63) is 64.7 Å². The number of halogens is 1. The summed E-state index contributed by atoms with van der Waals surface area (Å²) in [5, 5.41) is 3.38. The maximum atomic E-state index is 12.0. The van der Waals surface area contributed by atoms with E-state index in [1.54, 1.807) is 48.5 Å². The van der Waals surface area contributed by atoms with E-state index in [4.69, 9.17) is 16.3 Å². The van der Waals surface area contributed by atoms with Gasteiger partial charge >= 0.3 is 5.97 Å². The van der Waals surface area contributed by atoms with E-state index >= 15 is 0 Å². The molecule has 5 nitrogen and oxygen atoms in total. The van der Waals surface area contributed by atoms with E-state index in [2.05, 4.69) is 10.1 Å². The van der Waals surface area contributed by atoms with Crippen molar-refractivity contribution in [2.45, 2.75) is 0 Å². The van der Waals surface area contributed by atoms with Crippen LogP contribution >= 0.6 is 11.6 Å². The Hall–Kier alpha value is -2.53. The Kier molecular flexibility index (Phi) is 6.00. The first-order valence-electron chi connectivity index (χ1n) is 6.95. The molecule has 0 aromatic heterocycles. The number of hydrogen-bond donors (Lipinski definition) is 1. The van der Waals surface area contributed by atoms with Crippen LogP contribution in [0.1, 0.15) is 20.7 Å². The van der Waals surface area contributed by atoms with Crippen molar-refractivity contribution in [3.63, 3.8) is 0 Å². The molecule has 0 radical (unpaired) electrons. The second kappa shape index (κ2) is 8.19. The molecule has 0 fully saturated rings. The summed E-state index contributed by atoms with van der Waals surface area (Å²) in [4.78, 5) is 23.3. The summed E-state index contributed by atoms with van der Waals surface area (Å²) < 4.78 is 10.1. The Bertz CT molecular complexity index is 668. The second-order valence-electron chi connectivity index (χ2n) is 4.63. The summed E-state index contributed by atoms with van der Waals surface area (Å²) in [6, 6.07) is 13.2. The summed E-state index contributed by atoms with van der Waals surface area (Å²) in [6.07, 6.45) is 0. The maximum Gasteiger partial charge on any atom is 0.337 e. The molecule has 0 aliphatic rings. The van der Waals surface area contributed by atoms with Gasteiger partial charge in [-0.15, -0.1) is 0 Å². The Labute approximate surface area is 139 Å². The minimum absolute atomic E-state index is 0.235. The molecule has 0 spiro atoms. The summed E-state index contributed by atoms with van der Waals surface area (Å²) in [6.45, 7) is 0.702. The average Bonchev–Trinajstić information content (AvgIpc) is 2.59. The molecule has 0 saturated heterocycles. The molecule has 23 heavy (non-hydrogen) atoms. The summed E-state index contributed by atoms with van der Waals surface area (Å²) >= 11 is 5.78. The zero-order valence-corrected chi connectivity index (χ0v) is 13.3. The molecule has 0 aliphatic heterocycles. The van der Waals surface area contributed by atoms with Crippen LogP contribution in [0.3, 0.4) is 0 Å². The smallest absolute Gasteiger partial charge is 0.337 e. The fourth-order valence-electron chi connectivity index (χ4n) is 1.84. The minimum Gasteiger partial charge on any atom is -0.492 e. The molecule has 0 saturated carbocycles. The van der Waals surface area contributed by atoms with Crippen molar-refractivity contribution in [1.29, 1.82) is 0 Å². The fourth-order valence-corrected chi connectivity index (χ4v) is 1.97. The fraction of sp³-hybridized carbons (Fsp3) is 0.176. The van der Waals surface area contributed by atoms with Crippen LogP contribution < -0.4 is 10.1 Å². The zero-order chi connectivity index (χ0) is 16.7. The van der Waals surface area contributed by atoms with Gasteiger partial charge in [0.1, 0.15) is 12.4 Å². The number of benzene rings is 2. The predicted octanol–water partition coefficient (Wildman–Crippen LogP) is 2.94. The summed E-state index contributed by atoms with van der Waals surface area (Å²) in [5.41, 5.74) is 0.860. The lowest BCUT2D eigenvalue weighted by atomic mass is 10.1. The lowest BCUT2D eigenvalue weighted by Gasteiger charge is -2.08. The molecule has 0 bridgehead atoms. The van der Waals surface area contributed by atoms with E-state index in [0.717, 1.165) is 0 Å². The monoisotopic (exact) mass is 333 g/mol. The van der Waals surface area contributed by atoms with Gasteiger partial charge in [-0.2, -0.15) is 0 Å². The highest BCUT2D eigenvalue weighted by atomic mass is 35.5. The third-order valence-corrected chi connectivity index (χ3v) is 3.29. The lowest BCUT2D eigenvalue weighted by molar-refractivity contribution is 0.0600. The van der Waals surface area contributed by atoms with Gasteiger partial charge in [-0.1, -0.05) is 11.6 Å². The van der Waals surface area contributed by atoms with E-state index in [-0.39, 0.29) is 5.91 Å². The molecular weight excluding hydrogens is 318 g/mol. The van der Waals surface area contributed by atoms with Gasteiger partial charge < -0.3 is 14.8 Å². The third kappa shape index (κ3) is 5.00. The second-order valence-corrected chi connectivity index (χ2v) is 5.06. The van der Waals surface area contributed by atoms with Crippen LogP contribution in [-0.2, 0) is 4.74 Å². The minimum atomic E-state index is -0.437. The summed E-state index contributed by atoms with van der Waals surface area (Å²) in [5.74, 6) is 0.0144. The van der Waals surface area contributed by atoms with Crippen molar-refractivity contribution in [3.8, 4) is 5.75 Å². The van der Waals surface area contributed by atoms with Gasteiger partial charge in [-0.25, -0.2) is 4.79 Å².